The molecule has 0 aromatic heterocycles. The maximum absolute atomic E-state index is 12.9. The first kappa shape index (κ1) is 66.9. The van der Waals surface area contributed by atoms with Crippen LogP contribution in [0, 0.1) is 0 Å². The number of quaternary nitrogens is 1. The molecular weight excluding hydrogens is 876 g/mol. The van der Waals surface area contributed by atoms with Gasteiger partial charge in [0, 0.05) is 6.42 Å². The van der Waals surface area contributed by atoms with Crippen LogP contribution in [0.4, 0.5) is 0 Å². The van der Waals surface area contributed by atoms with Gasteiger partial charge in [0.2, 0.25) is 5.91 Å². The number of likely N-dealkylation sites (N-methyl/N-ethyl adjacent to an activating group) is 1. The summed E-state index contributed by atoms with van der Waals surface area (Å²) >= 11 is 0. The summed E-state index contributed by atoms with van der Waals surface area (Å²) in [5.41, 5.74) is 0. The Morgan fingerprint density at radius 2 is 0.855 bits per heavy atom. The van der Waals surface area contributed by atoms with Crippen LogP contribution in [0.15, 0.2) is 72.9 Å². The Morgan fingerprint density at radius 1 is 0.507 bits per heavy atom. The Kier molecular flexibility index (Phi) is 49.3. The number of amides is 1. The SMILES string of the molecule is CCCCCCC/C=C\C/C=C\C/C=C\CCCCCCCCCCCCCCCCCCC(=O)NC(COP(=O)([O-])OCC[N+](C)(C)C)C(O)/C=C/CC/C=C/CC/C=C/CCCCCCCC. The Morgan fingerprint density at radius 3 is 1.28 bits per heavy atom. The zero-order chi connectivity index (χ0) is 50.6. The van der Waals surface area contributed by atoms with Gasteiger partial charge < -0.3 is 28.8 Å². The molecule has 3 atom stereocenters. The smallest absolute Gasteiger partial charge is 0.268 e. The number of allylic oxidation sites excluding steroid dienone is 11. The standard InChI is InChI=1S/C60H111N2O6P/c1-6-8-10-12-14-16-18-20-22-24-25-26-27-28-29-30-31-32-33-34-35-36-37-38-40-42-44-46-48-50-52-54-60(64)61-58(57-68-69(65,66)67-56-55-62(3,4)5)59(63)53-51-49-47-45-43-41-39-23-21-19-17-15-13-11-9-7-2/h18,20-21,23-25,27-28,43,45,51,53,58-59,63H,6-17,19,22,26,29-42,44,46-50,52,54-57H2,1-5H3,(H-,61,64,65,66)/b20-18-,23-21+,25-24-,28-27-,45-43+,53-51+. The van der Waals surface area contributed by atoms with E-state index in [1.165, 1.54) is 173 Å². The largest absolute Gasteiger partial charge is 0.756 e. The van der Waals surface area contributed by atoms with E-state index in [2.05, 4.69) is 79.9 Å². The maximum Gasteiger partial charge on any atom is 0.268 e. The van der Waals surface area contributed by atoms with Crippen molar-refractivity contribution in [1.82, 2.24) is 5.32 Å². The first-order chi connectivity index (χ1) is 33.5. The van der Waals surface area contributed by atoms with E-state index in [0.29, 0.717) is 17.4 Å². The minimum absolute atomic E-state index is 0.0108. The molecule has 0 aromatic rings. The predicted octanol–water partition coefficient (Wildman–Crippen LogP) is 16.9. The van der Waals surface area contributed by atoms with Crippen LogP contribution in [0.2, 0.25) is 0 Å². The number of aliphatic hydroxyl groups excluding tert-OH is 1. The van der Waals surface area contributed by atoms with Crippen LogP contribution in [0.1, 0.15) is 251 Å². The fourth-order valence-corrected chi connectivity index (χ4v) is 8.80. The van der Waals surface area contributed by atoms with Crippen LogP contribution in [-0.4, -0.2) is 68.5 Å². The first-order valence-electron chi connectivity index (χ1n) is 28.8. The lowest BCUT2D eigenvalue weighted by Crippen LogP contribution is -2.45. The molecule has 2 N–H and O–H groups in total. The number of unbranched alkanes of at least 4 members (excludes halogenated alkanes) is 29. The van der Waals surface area contributed by atoms with Crippen LogP contribution in [0.25, 0.3) is 0 Å². The summed E-state index contributed by atoms with van der Waals surface area (Å²) in [4.78, 5) is 25.5. The molecule has 0 radical (unpaired) electrons. The number of nitrogens with one attached hydrogen (secondary N) is 1. The third-order valence-corrected chi connectivity index (χ3v) is 13.6. The average molecular weight is 988 g/mol. The average Bonchev–Trinajstić information content (AvgIpc) is 3.31. The van der Waals surface area contributed by atoms with Gasteiger partial charge in [0.15, 0.2) is 0 Å². The third-order valence-electron chi connectivity index (χ3n) is 12.6. The maximum atomic E-state index is 12.9. The van der Waals surface area contributed by atoms with E-state index in [4.69, 9.17) is 9.05 Å². The number of hydrogen-bond donors (Lipinski definition) is 2. The highest BCUT2D eigenvalue weighted by molar-refractivity contribution is 7.45. The molecule has 0 fully saturated rings. The van der Waals surface area contributed by atoms with Gasteiger partial charge in [0.25, 0.3) is 7.82 Å². The van der Waals surface area contributed by atoms with E-state index >= 15 is 0 Å². The molecule has 0 saturated heterocycles. The summed E-state index contributed by atoms with van der Waals surface area (Å²) in [6.07, 6.45) is 69.8. The molecule has 0 aliphatic heterocycles. The van der Waals surface area contributed by atoms with Gasteiger partial charge in [-0.3, -0.25) is 9.36 Å². The molecule has 8 nitrogen and oxygen atoms in total. The van der Waals surface area contributed by atoms with Crippen LogP contribution >= 0.6 is 7.82 Å². The number of phosphoric ester groups is 1. The van der Waals surface area contributed by atoms with Crippen LogP contribution in [0.3, 0.4) is 0 Å². The fourth-order valence-electron chi connectivity index (χ4n) is 8.07. The molecule has 3 unspecified atom stereocenters. The predicted molar refractivity (Wildman–Crippen MR) is 297 cm³/mol. The zero-order valence-corrected chi connectivity index (χ0v) is 46.6. The number of carbonyl (C=O) groups is 1. The Balaban J connectivity index is 4.16. The van der Waals surface area contributed by atoms with E-state index in [1.807, 2.05) is 27.2 Å². The monoisotopic (exact) mass is 987 g/mol. The highest BCUT2D eigenvalue weighted by atomic mass is 31.2. The minimum Gasteiger partial charge on any atom is -0.756 e. The van der Waals surface area contributed by atoms with Gasteiger partial charge in [-0.25, -0.2) is 0 Å². The van der Waals surface area contributed by atoms with E-state index in [9.17, 15) is 19.4 Å². The quantitative estimate of drug-likeness (QED) is 0.0272. The number of phosphoric acid groups is 1. The summed E-state index contributed by atoms with van der Waals surface area (Å²) in [5, 5.41) is 13.8. The number of hydrogen-bond acceptors (Lipinski definition) is 6. The normalized spacial score (nSPS) is 14.5. The summed E-state index contributed by atoms with van der Waals surface area (Å²) in [7, 11) is 1.23. The molecule has 402 valence electrons. The van der Waals surface area contributed by atoms with Crippen molar-refractivity contribution in [3.8, 4) is 0 Å². The lowest BCUT2D eigenvalue weighted by molar-refractivity contribution is -0.870. The molecule has 1 amide bonds. The molecule has 0 bridgehead atoms. The highest BCUT2D eigenvalue weighted by Gasteiger charge is 2.23. The van der Waals surface area contributed by atoms with Crippen molar-refractivity contribution in [1.29, 1.82) is 0 Å². The second kappa shape index (κ2) is 50.9. The molecule has 0 aliphatic carbocycles. The van der Waals surface area contributed by atoms with E-state index in [0.717, 1.165) is 57.8 Å². The molecule has 0 aromatic carbocycles. The van der Waals surface area contributed by atoms with Crippen molar-refractivity contribution in [2.45, 2.75) is 264 Å². The number of rotatable bonds is 52. The van der Waals surface area contributed by atoms with Gasteiger partial charge in [0.1, 0.15) is 13.2 Å². The summed E-state index contributed by atoms with van der Waals surface area (Å²) in [5.74, 6) is -0.212. The molecule has 69 heavy (non-hydrogen) atoms. The lowest BCUT2D eigenvalue weighted by atomic mass is 10.0. The molecule has 0 rings (SSSR count). The Hall–Kier alpha value is -2.06. The topological polar surface area (TPSA) is 108 Å². The van der Waals surface area contributed by atoms with Crippen LogP contribution in [-0.2, 0) is 18.4 Å². The van der Waals surface area contributed by atoms with Crippen LogP contribution < -0.4 is 10.2 Å². The highest BCUT2D eigenvalue weighted by Crippen LogP contribution is 2.38. The van der Waals surface area contributed by atoms with Crippen molar-refractivity contribution >= 4 is 13.7 Å². The van der Waals surface area contributed by atoms with Crippen molar-refractivity contribution in [2.24, 2.45) is 0 Å². The molecule has 0 heterocycles. The van der Waals surface area contributed by atoms with Crippen LogP contribution in [0.5, 0.6) is 0 Å². The molecule has 9 heteroatoms. The fraction of sp³-hybridized carbons (Fsp3) is 0.783. The van der Waals surface area contributed by atoms with Gasteiger partial charge in [0.05, 0.1) is 39.9 Å². The molecule has 0 aliphatic rings. The van der Waals surface area contributed by atoms with Gasteiger partial charge in [-0.05, 0) is 83.5 Å². The summed E-state index contributed by atoms with van der Waals surface area (Å²) in [6.45, 7) is 4.60. The number of aliphatic hydroxyl groups is 1. The van der Waals surface area contributed by atoms with Gasteiger partial charge in [-0.15, -0.1) is 0 Å². The minimum atomic E-state index is -4.61. The second-order valence-corrected chi connectivity index (χ2v) is 22.0. The van der Waals surface area contributed by atoms with E-state index in [-0.39, 0.29) is 12.5 Å². The Labute approximate surface area is 427 Å². The summed E-state index contributed by atoms with van der Waals surface area (Å²) < 4.78 is 23.3. The third kappa shape index (κ3) is 53.6. The van der Waals surface area contributed by atoms with E-state index < -0.39 is 26.6 Å². The van der Waals surface area contributed by atoms with Gasteiger partial charge in [-0.2, -0.15) is 0 Å². The summed E-state index contributed by atoms with van der Waals surface area (Å²) in [6, 6.07) is -0.912. The molecule has 0 saturated carbocycles. The van der Waals surface area contributed by atoms with Crippen molar-refractivity contribution < 1.29 is 32.9 Å². The Bertz CT molecular complexity index is 1350. The molecular formula is C60H111N2O6P. The van der Waals surface area contributed by atoms with E-state index in [1.54, 1.807) is 6.08 Å². The number of nitrogens with zero attached hydrogens (tertiary/aromatic N) is 1. The zero-order valence-electron chi connectivity index (χ0n) is 45.8. The number of carbonyl (C=O) groups excluding carboxylic acids is 1. The van der Waals surface area contributed by atoms with Crippen molar-refractivity contribution in [2.75, 3.05) is 40.9 Å². The van der Waals surface area contributed by atoms with Gasteiger partial charge in [-0.1, -0.05) is 234 Å². The first-order valence-corrected chi connectivity index (χ1v) is 30.3. The van der Waals surface area contributed by atoms with Crippen molar-refractivity contribution in [3.63, 3.8) is 0 Å². The van der Waals surface area contributed by atoms with Crippen molar-refractivity contribution in [3.05, 3.63) is 72.9 Å². The second-order valence-electron chi connectivity index (χ2n) is 20.6. The molecule has 0 spiro atoms. The lowest BCUT2D eigenvalue weighted by Gasteiger charge is -2.29. The van der Waals surface area contributed by atoms with Gasteiger partial charge >= 0.3 is 0 Å².